The predicted octanol–water partition coefficient (Wildman–Crippen LogP) is 3.94. The highest BCUT2D eigenvalue weighted by atomic mass is 32.2. The van der Waals surface area contributed by atoms with Crippen molar-refractivity contribution in [2.45, 2.75) is 71.5 Å². The van der Waals surface area contributed by atoms with E-state index in [1.165, 1.54) is 11.3 Å². The van der Waals surface area contributed by atoms with Gasteiger partial charge in [0.1, 0.15) is 18.3 Å². The summed E-state index contributed by atoms with van der Waals surface area (Å²) in [6, 6.07) is 12.1. The van der Waals surface area contributed by atoms with Gasteiger partial charge in [0, 0.05) is 12.6 Å². The van der Waals surface area contributed by atoms with Gasteiger partial charge in [0.05, 0.1) is 19.1 Å². The molecule has 37 heavy (non-hydrogen) atoms. The fourth-order valence-electron chi connectivity index (χ4n) is 4.70. The topological polar surface area (TPSA) is 96.0 Å². The van der Waals surface area contributed by atoms with Crippen LogP contribution < -0.4 is 14.4 Å². The van der Waals surface area contributed by atoms with Crippen LogP contribution in [-0.4, -0.2) is 57.1 Å². The maximum absolute atomic E-state index is 13.8. The van der Waals surface area contributed by atoms with Gasteiger partial charge in [-0.15, -0.1) is 0 Å². The van der Waals surface area contributed by atoms with Crippen molar-refractivity contribution in [1.82, 2.24) is 10.2 Å². The molecule has 0 aliphatic heterocycles. The highest BCUT2D eigenvalue weighted by Crippen LogP contribution is 2.25. The SMILES string of the molecule is COc1cccc(CN(C(=O)CN(c2cc(C)ccc2C)S(C)(=O)=O)[C@H](C)C(=O)NC2CCCCC2)c1. The third kappa shape index (κ3) is 7.71. The van der Waals surface area contributed by atoms with Gasteiger partial charge in [-0.05, 0) is 68.5 Å². The van der Waals surface area contributed by atoms with E-state index in [9.17, 15) is 18.0 Å². The van der Waals surface area contributed by atoms with Gasteiger partial charge in [-0.1, -0.05) is 43.5 Å². The normalized spacial score (nSPS) is 15.1. The van der Waals surface area contributed by atoms with Gasteiger partial charge in [-0.25, -0.2) is 8.42 Å². The Labute approximate surface area is 221 Å². The van der Waals surface area contributed by atoms with Gasteiger partial charge < -0.3 is 15.0 Å². The van der Waals surface area contributed by atoms with Crippen LogP contribution in [0.5, 0.6) is 5.75 Å². The molecule has 0 unspecified atom stereocenters. The Morgan fingerprint density at radius 1 is 1.08 bits per heavy atom. The average molecular weight is 530 g/mol. The number of carbonyl (C=O) groups is 2. The molecule has 0 spiro atoms. The van der Waals surface area contributed by atoms with Crippen LogP contribution in [0.2, 0.25) is 0 Å². The van der Waals surface area contributed by atoms with Gasteiger partial charge in [0.15, 0.2) is 0 Å². The van der Waals surface area contributed by atoms with Crippen molar-refractivity contribution in [2.75, 3.05) is 24.2 Å². The summed E-state index contributed by atoms with van der Waals surface area (Å²) < 4.78 is 32.1. The highest BCUT2D eigenvalue weighted by molar-refractivity contribution is 7.92. The summed E-state index contributed by atoms with van der Waals surface area (Å²) in [5, 5.41) is 3.10. The van der Waals surface area contributed by atoms with E-state index < -0.39 is 28.5 Å². The maximum atomic E-state index is 13.8. The smallest absolute Gasteiger partial charge is 0.244 e. The van der Waals surface area contributed by atoms with E-state index in [1.54, 1.807) is 26.2 Å². The van der Waals surface area contributed by atoms with E-state index in [0.717, 1.165) is 52.9 Å². The van der Waals surface area contributed by atoms with Crippen LogP contribution in [0, 0.1) is 13.8 Å². The average Bonchev–Trinajstić information content (AvgIpc) is 2.87. The Kier molecular flexibility index (Phi) is 9.59. The van der Waals surface area contributed by atoms with Crippen molar-refractivity contribution < 1.29 is 22.7 Å². The second-order valence-electron chi connectivity index (χ2n) is 9.95. The number of nitrogens with zero attached hydrogens (tertiary/aromatic N) is 2. The number of sulfonamides is 1. The van der Waals surface area contributed by atoms with Crippen LogP contribution in [0.4, 0.5) is 5.69 Å². The molecular weight excluding hydrogens is 490 g/mol. The summed E-state index contributed by atoms with van der Waals surface area (Å²) in [7, 11) is -2.21. The fraction of sp³-hybridized carbons (Fsp3) is 0.500. The number of hydrogen-bond acceptors (Lipinski definition) is 5. The predicted molar refractivity (Wildman–Crippen MR) is 146 cm³/mol. The Balaban J connectivity index is 1.91. The Morgan fingerprint density at radius 2 is 1.78 bits per heavy atom. The third-order valence-corrected chi connectivity index (χ3v) is 8.04. The van der Waals surface area contributed by atoms with E-state index in [-0.39, 0.29) is 18.5 Å². The fourth-order valence-corrected chi connectivity index (χ4v) is 5.60. The molecule has 2 aromatic carbocycles. The second kappa shape index (κ2) is 12.4. The third-order valence-electron chi connectivity index (χ3n) is 6.92. The molecule has 1 aliphatic rings. The van der Waals surface area contributed by atoms with Crippen molar-refractivity contribution in [3.8, 4) is 5.75 Å². The molecule has 1 saturated carbocycles. The zero-order valence-electron chi connectivity index (χ0n) is 22.5. The van der Waals surface area contributed by atoms with Crippen LogP contribution in [0.3, 0.4) is 0 Å². The molecule has 3 rings (SSSR count). The van der Waals surface area contributed by atoms with E-state index in [4.69, 9.17) is 4.74 Å². The lowest BCUT2D eigenvalue weighted by Gasteiger charge is -2.33. The van der Waals surface area contributed by atoms with Crippen LogP contribution in [0.25, 0.3) is 0 Å². The lowest BCUT2D eigenvalue weighted by Crippen LogP contribution is -2.53. The molecule has 0 saturated heterocycles. The van der Waals surface area contributed by atoms with Gasteiger partial charge in [-0.3, -0.25) is 13.9 Å². The number of aryl methyl sites for hydroxylation is 2. The first-order chi connectivity index (χ1) is 17.5. The van der Waals surface area contributed by atoms with Crippen LogP contribution >= 0.6 is 0 Å². The summed E-state index contributed by atoms with van der Waals surface area (Å²) in [6.45, 7) is 5.11. The minimum Gasteiger partial charge on any atom is -0.497 e. The lowest BCUT2D eigenvalue weighted by molar-refractivity contribution is -0.139. The van der Waals surface area contributed by atoms with Gasteiger partial charge in [0.25, 0.3) is 0 Å². The number of nitrogens with one attached hydrogen (secondary N) is 1. The summed E-state index contributed by atoms with van der Waals surface area (Å²) in [6.07, 6.45) is 6.26. The molecule has 1 aliphatic carbocycles. The summed E-state index contributed by atoms with van der Waals surface area (Å²) in [5.41, 5.74) is 2.86. The number of amides is 2. The first-order valence-electron chi connectivity index (χ1n) is 12.8. The minimum absolute atomic E-state index is 0.0972. The van der Waals surface area contributed by atoms with Crippen LogP contribution in [-0.2, 0) is 26.2 Å². The maximum Gasteiger partial charge on any atom is 0.244 e. The van der Waals surface area contributed by atoms with E-state index in [2.05, 4.69) is 5.32 Å². The number of hydrogen-bond donors (Lipinski definition) is 1. The van der Waals surface area contributed by atoms with E-state index >= 15 is 0 Å². The quantitative estimate of drug-likeness (QED) is 0.503. The molecule has 0 heterocycles. The van der Waals surface area contributed by atoms with Crippen molar-refractivity contribution in [3.05, 3.63) is 59.2 Å². The van der Waals surface area contributed by atoms with Crippen molar-refractivity contribution in [1.29, 1.82) is 0 Å². The highest BCUT2D eigenvalue weighted by Gasteiger charge is 2.31. The van der Waals surface area contributed by atoms with Crippen molar-refractivity contribution >= 4 is 27.5 Å². The first-order valence-corrected chi connectivity index (χ1v) is 14.6. The summed E-state index contributed by atoms with van der Waals surface area (Å²) >= 11 is 0. The number of anilines is 1. The molecule has 9 heteroatoms. The molecule has 1 N–H and O–H groups in total. The molecule has 0 aromatic heterocycles. The van der Waals surface area contributed by atoms with Crippen molar-refractivity contribution in [2.24, 2.45) is 0 Å². The van der Waals surface area contributed by atoms with Gasteiger partial charge >= 0.3 is 0 Å². The lowest BCUT2D eigenvalue weighted by atomic mass is 9.95. The van der Waals surface area contributed by atoms with E-state index in [1.807, 2.05) is 44.2 Å². The Bertz CT molecular complexity index is 1210. The molecule has 0 radical (unpaired) electrons. The summed E-state index contributed by atoms with van der Waals surface area (Å²) in [4.78, 5) is 28.5. The number of ether oxygens (including phenoxy) is 1. The molecule has 202 valence electrons. The number of methoxy groups -OCH3 is 1. The zero-order chi connectivity index (χ0) is 27.2. The monoisotopic (exact) mass is 529 g/mol. The molecular formula is C28H39N3O5S. The number of rotatable bonds is 10. The van der Waals surface area contributed by atoms with Crippen LogP contribution in [0.15, 0.2) is 42.5 Å². The largest absolute Gasteiger partial charge is 0.497 e. The van der Waals surface area contributed by atoms with E-state index in [0.29, 0.717) is 11.4 Å². The standard InChI is InChI=1S/C28H39N3O5S/c1-20-14-15-21(2)26(16-20)31(37(5,34)35)19-27(32)30(18-23-10-9-13-25(17-23)36-4)22(3)28(33)29-24-11-7-6-8-12-24/h9-10,13-17,22,24H,6-8,11-12,18-19H2,1-5H3,(H,29,33)/t22-/m1/s1. The molecule has 0 bridgehead atoms. The molecule has 1 fully saturated rings. The Hall–Kier alpha value is -3.07. The number of benzene rings is 2. The molecule has 2 amide bonds. The molecule has 2 aromatic rings. The summed E-state index contributed by atoms with van der Waals surface area (Å²) in [5.74, 6) is -0.0569. The van der Waals surface area contributed by atoms with Gasteiger partial charge in [-0.2, -0.15) is 0 Å². The second-order valence-corrected chi connectivity index (χ2v) is 11.9. The zero-order valence-corrected chi connectivity index (χ0v) is 23.3. The van der Waals surface area contributed by atoms with Crippen LogP contribution in [0.1, 0.15) is 55.7 Å². The number of carbonyl (C=O) groups excluding carboxylic acids is 2. The van der Waals surface area contributed by atoms with Crippen molar-refractivity contribution in [3.63, 3.8) is 0 Å². The molecule has 8 nitrogen and oxygen atoms in total. The molecule has 1 atom stereocenters. The minimum atomic E-state index is -3.77. The van der Waals surface area contributed by atoms with Gasteiger partial charge in [0.2, 0.25) is 21.8 Å². The Morgan fingerprint density at radius 3 is 2.43 bits per heavy atom. The first kappa shape index (κ1) is 28.5.